The molecule has 15 heavy (non-hydrogen) atoms. The van der Waals surface area contributed by atoms with Crippen LogP contribution in [0.15, 0.2) is 30.3 Å². The van der Waals surface area contributed by atoms with Crippen LogP contribution in [0, 0.1) is 5.92 Å². The predicted octanol–water partition coefficient (Wildman–Crippen LogP) is 3.16. The highest BCUT2D eigenvalue weighted by Crippen LogP contribution is 2.07. The minimum Gasteiger partial charge on any atom is -0.385 e. The van der Waals surface area contributed by atoms with Crippen molar-refractivity contribution in [3.05, 3.63) is 30.3 Å². The van der Waals surface area contributed by atoms with Gasteiger partial charge in [-0.3, -0.25) is 0 Å². The molecule has 2 heteroatoms. The number of rotatable bonds is 7. The summed E-state index contributed by atoms with van der Waals surface area (Å²) >= 11 is 0. The van der Waals surface area contributed by atoms with Gasteiger partial charge in [0.05, 0.1) is 0 Å². The lowest BCUT2D eigenvalue weighted by Crippen LogP contribution is -2.11. The fraction of sp³-hybridized carbons (Fsp3) is 0.538. The molecule has 1 aromatic carbocycles. The fourth-order valence-corrected chi connectivity index (χ4v) is 1.42. The molecule has 0 radical (unpaired) electrons. The zero-order valence-electron chi connectivity index (χ0n) is 9.70. The smallest absolute Gasteiger partial charge is 0.0492 e. The molecule has 1 N–H and O–H groups in total. The minimum absolute atomic E-state index is 0.626. The standard InChI is InChI=1S/C13H21NO/c1-3-15-11-12(2)9-10-14-13-7-5-4-6-8-13/h4-8,12,14H,3,9-11H2,1-2H3. The number of benzene rings is 1. The van der Waals surface area contributed by atoms with E-state index in [4.69, 9.17) is 4.74 Å². The van der Waals surface area contributed by atoms with Gasteiger partial charge in [0.1, 0.15) is 0 Å². The van der Waals surface area contributed by atoms with Gasteiger partial charge in [0.15, 0.2) is 0 Å². The van der Waals surface area contributed by atoms with Crippen molar-refractivity contribution < 1.29 is 4.74 Å². The van der Waals surface area contributed by atoms with Crippen LogP contribution < -0.4 is 5.32 Å². The van der Waals surface area contributed by atoms with Gasteiger partial charge in [-0.1, -0.05) is 25.1 Å². The van der Waals surface area contributed by atoms with E-state index in [2.05, 4.69) is 24.4 Å². The molecule has 0 saturated carbocycles. The summed E-state index contributed by atoms with van der Waals surface area (Å²) in [6, 6.07) is 10.3. The Balaban J connectivity index is 2.11. The van der Waals surface area contributed by atoms with Crippen LogP contribution >= 0.6 is 0 Å². The number of hydrogen-bond acceptors (Lipinski definition) is 2. The van der Waals surface area contributed by atoms with Crippen LogP contribution in [0.25, 0.3) is 0 Å². The molecular formula is C13H21NO. The topological polar surface area (TPSA) is 21.3 Å². The Morgan fingerprint density at radius 3 is 2.67 bits per heavy atom. The summed E-state index contributed by atoms with van der Waals surface area (Å²) in [6.07, 6.45) is 1.15. The highest BCUT2D eigenvalue weighted by atomic mass is 16.5. The van der Waals surface area contributed by atoms with E-state index in [0.717, 1.165) is 26.2 Å². The monoisotopic (exact) mass is 207 g/mol. The summed E-state index contributed by atoms with van der Waals surface area (Å²) in [7, 11) is 0. The number of para-hydroxylation sites is 1. The van der Waals surface area contributed by atoms with E-state index in [1.807, 2.05) is 25.1 Å². The summed E-state index contributed by atoms with van der Waals surface area (Å²) in [4.78, 5) is 0. The number of hydrogen-bond donors (Lipinski definition) is 1. The Kier molecular flexibility index (Phi) is 5.86. The second-order valence-electron chi connectivity index (χ2n) is 3.85. The molecule has 0 spiro atoms. The van der Waals surface area contributed by atoms with Crippen LogP contribution in [0.5, 0.6) is 0 Å². The maximum atomic E-state index is 5.37. The normalized spacial score (nSPS) is 12.4. The second-order valence-corrected chi connectivity index (χ2v) is 3.85. The molecule has 1 aromatic rings. The lowest BCUT2D eigenvalue weighted by molar-refractivity contribution is 0.114. The zero-order chi connectivity index (χ0) is 10.9. The predicted molar refractivity (Wildman–Crippen MR) is 65.2 cm³/mol. The molecule has 1 atom stereocenters. The molecule has 0 aromatic heterocycles. The van der Waals surface area contributed by atoms with E-state index in [-0.39, 0.29) is 0 Å². The molecule has 0 bridgehead atoms. The summed E-state index contributed by atoms with van der Waals surface area (Å²) < 4.78 is 5.37. The molecule has 84 valence electrons. The first-order valence-electron chi connectivity index (χ1n) is 5.69. The molecule has 0 amide bonds. The van der Waals surface area contributed by atoms with Gasteiger partial charge in [-0.15, -0.1) is 0 Å². The van der Waals surface area contributed by atoms with E-state index in [9.17, 15) is 0 Å². The third-order valence-corrected chi connectivity index (χ3v) is 2.35. The number of ether oxygens (including phenoxy) is 1. The molecule has 0 saturated heterocycles. The van der Waals surface area contributed by atoms with Crippen LogP contribution in [0.4, 0.5) is 5.69 Å². The Hall–Kier alpha value is -1.02. The van der Waals surface area contributed by atoms with Crippen molar-refractivity contribution in [2.45, 2.75) is 20.3 Å². The molecule has 0 fully saturated rings. The van der Waals surface area contributed by atoms with Crippen molar-refractivity contribution in [3.63, 3.8) is 0 Å². The SMILES string of the molecule is CCOCC(C)CCNc1ccccc1. The van der Waals surface area contributed by atoms with Crippen LogP contribution in [-0.4, -0.2) is 19.8 Å². The van der Waals surface area contributed by atoms with Crippen LogP contribution in [0.2, 0.25) is 0 Å². The Morgan fingerprint density at radius 1 is 1.27 bits per heavy atom. The quantitative estimate of drug-likeness (QED) is 0.741. The van der Waals surface area contributed by atoms with E-state index in [1.54, 1.807) is 0 Å². The van der Waals surface area contributed by atoms with Crippen molar-refractivity contribution in [2.24, 2.45) is 5.92 Å². The first kappa shape index (κ1) is 12.1. The molecule has 0 aliphatic carbocycles. The van der Waals surface area contributed by atoms with Gasteiger partial charge in [0, 0.05) is 25.4 Å². The summed E-state index contributed by atoms with van der Waals surface area (Å²) in [5.41, 5.74) is 1.20. The lowest BCUT2D eigenvalue weighted by atomic mass is 10.1. The molecular weight excluding hydrogens is 186 g/mol. The van der Waals surface area contributed by atoms with E-state index in [1.165, 1.54) is 5.69 Å². The summed E-state index contributed by atoms with van der Waals surface area (Å²) in [6.45, 7) is 6.96. The zero-order valence-corrected chi connectivity index (χ0v) is 9.70. The van der Waals surface area contributed by atoms with Gasteiger partial charge in [-0.25, -0.2) is 0 Å². The summed E-state index contributed by atoms with van der Waals surface area (Å²) in [5.74, 6) is 0.626. The van der Waals surface area contributed by atoms with Crippen molar-refractivity contribution in [1.29, 1.82) is 0 Å². The molecule has 2 nitrogen and oxygen atoms in total. The Bertz CT molecular complexity index is 248. The van der Waals surface area contributed by atoms with Gasteiger partial charge in [0.2, 0.25) is 0 Å². The average Bonchev–Trinajstić information content (AvgIpc) is 2.28. The summed E-state index contributed by atoms with van der Waals surface area (Å²) in [5, 5.41) is 3.40. The van der Waals surface area contributed by atoms with Crippen molar-refractivity contribution in [2.75, 3.05) is 25.1 Å². The van der Waals surface area contributed by atoms with Gasteiger partial charge in [-0.05, 0) is 31.4 Å². The maximum absolute atomic E-state index is 5.37. The Labute approximate surface area is 92.6 Å². The van der Waals surface area contributed by atoms with Crippen LogP contribution in [-0.2, 0) is 4.74 Å². The van der Waals surface area contributed by atoms with Crippen molar-refractivity contribution >= 4 is 5.69 Å². The van der Waals surface area contributed by atoms with Crippen molar-refractivity contribution in [3.8, 4) is 0 Å². The molecule has 1 rings (SSSR count). The van der Waals surface area contributed by atoms with Gasteiger partial charge in [0.25, 0.3) is 0 Å². The highest BCUT2D eigenvalue weighted by molar-refractivity contribution is 5.42. The number of anilines is 1. The fourth-order valence-electron chi connectivity index (χ4n) is 1.42. The minimum atomic E-state index is 0.626. The lowest BCUT2D eigenvalue weighted by Gasteiger charge is -2.12. The third kappa shape index (κ3) is 5.43. The molecule has 0 aliphatic rings. The van der Waals surface area contributed by atoms with Gasteiger partial charge < -0.3 is 10.1 Å². The molecule has 0 heterocycles. The van der Waals surface area contributed by atoms with Crippen LogP contribution in [0.1, 0.15) is 20.3 Å². The van der Waals surface area contributed by atoms with Gasteiger partial charge >= 0.3 is 0 Å². The van der Waals surface area contributed by atoms with Crippen molar-refractivity contribution in [1.82, 2.24) is 0 Å². The first-order valence-corrected chi connectivity index (χ1v) is 5.69. The average molecular weight is 207 g/mol. The molecule has 1 unspecified atom stereocenters. The second kappa shape index (κ2) is 7.30. The van der Waals surface area contributed by atoms with Crippen LogP contribution in [0.3, 0.4) is 0 Å². The third-order valence-electron chi connectivity index (χ3n) is 2.35. The highest BCUT2D eigenvalue weighted by Gasteiger charge is 2.00. The molecule has 0 aliphatic heterocycles. The van der Waals surface area contributed by atoms with E-state index < -0.39 is 0 Å². The largest absolute Gasteiger partial charge is 0.385 e. The van der Waals surface area contributed by atoms with Gasteiger partial charge in [-0.2, -0.15) is 0 Å². The first-order chi connectivity index (χ1) is 7.33. The number of nitrogens with one attached hydrogen (secondary N) is 1. The Morgan fingerprint density at radius 2 is 2.00 bits per heavy atom. The maximum Gasteiger partial charge on any atom is 0.0492 e. The van der Waals surface area contributed by atoms with E-state index in [0.29, 0.717) is 5.92 Å². The van der Waals surface area contributed by atoms with E-state index >= 15 is 0 Å².